The predicted octanol–water partition coefficient (Wildman–Crippen LogP) is 2.06. The van der Waals surface area contributed by atoms with Crippen LogP contribution in [0.15, 0.2) is 41.1 Å². The van der Waals surface area contributed by atoms with Crippen LogP contribution < -0.4 is 5.32 Å². The number of piperidine rings is 1. The molecule has 4 rings (SSSR count). The van der Waals surface area contributed by atoms with Crippen molar-refractivity contribution in [2.24, 2.45) is 0 Å². The summed E-state index contributed by atoms with van der Waals surface area (Å²) in [6.07, 6.45) is 2.35. The Labute approximate surface area is 138 Å². The molecule has 7 heteroatoms. The van der Waals surface area contributed by atoms with Crippen molar-refractivity contribution in [2.75, 3.05) is 19.6 Å². The smallest absolute Gasteiger partial charge is 0.407 e. The van der Waals surface area contributed by atoms with E-state index in [1.54, 1.807) is 4.90 Å². The van der Waals surface area contributed by atoms with Crippen LogP contribution in [-0.2, 0) is 4.74 Å². The Bertz CT molecular complexity index is 763. The quantitative estimate of drug-likeness (QED) is 0.912. The van der Waals surface area contributed by atoms with E-state index in [4.69, 9.17) is 9.26 Å². The summed E-state index contributed by atoms with van der Waals surface area (Å²) in [5.41, 5.74) is 0.810. The molecule has 1 aromatic carbocycles. The van der Waals surface area contributed by atoms with Gasteiger partial charge in [0, 0.05) is 31.5 Å². The van der Waals surface area contributed by atoms with Crippen LogP contribution in [-0.4, -0.2) is 47.3 Å². The molecule has 24 heavy (non-hydrogen) atoms. The minimum atomic E-state index is -0.467. The molecule has 1 N–H and O–H groups in total. The van der Waals surface area contributed by atoms with Crippen molar-refractivity contribution in [3.8, 4) is 11.3 Å². The van der Waals surface area contributed by atoms with Crippen LogP contribution in [0.4, 0.5) is 4.79 Å². The average molecular weight is 327 g/mol. The molecular formula is C17H17N3O4. The van der Waals surface area contributed by atoms with Crippen LogP contribution in [0, 0.1) is 0 Å². The second-order valence-corrected chi connectivity index (χ2v) is 6.15. The fraction of sp³-hybridized carbons (Fsp3) is 0.353. The lowest BCUT2D eigenvalue weighted by Crippen LogP contribution is -2.48. The van der Waals surface area contributed by atoms with Gasteiger partial charge in [0.15, 0.2) is 5.76 Å². The van der Waals surface area contributed by atoms with E-state index < -0.39 is 5.60 Å². The Morgan fingerprint density at radius 2 is 1.96 bits per heavy atom. The highest BCUT2D eigenvalue weighted by atomic mass is 16.6. The summed E-state index contributed by atoms with van der Waals surface area (Å²) in [5.74, 6) is 0.372. The number of alkyl carbamates (subject to hydrolysis) is 1. The van der Waals surface area contributed by atoms with Gasteiger partial charge in [-0.3, -0.25) is 4.79 Å². The Kier molecular flexibility index (Phi) is 3.48. The van der Waals surface area contributed by atoms with E-state index in [1.165, 1.54) is 6.20 Å². The maximum atomic E-state index is 12.8. The van der Waals surface area contributed by atoms with E-state index in [-0.39, 0.29) is 12.0 Å². The van der Waals surface area contributed by atoms with Gasteiger partial charge in [-0.15, -0.1) is 0 Å². The summed E-state index contributed by atoms with van der Waals surface area (Å²) in [4.78, 5) is 25.9. The number of rotatable bonds is 2. The Morgan fingerprint density at radius 3 is 2.62 bits per heavy atom. The van der Waals surface area contributed by atoms with Crippen molar-refractivity contribution in [1.82, 2.24) is 15.4 Å². The summed E-state index contributed by atoms with van der Waals surface area (Å²) in [6.45, 7) is 1.58. The highest BCUT2D eigenvalue weighted by Crippen LogP contribution is 2.31. The van der Waals surface area contributed by atoms with Gasteiger partial charge in [0.25, 0.3) is 5.91 Å². The summed E-state index contributed by atoms with van der Waals surface area (Å²) in [6, 6.07) is 9.44. The predicted molar refractivity (Wildman–Crippen MR) is 84.3 cm³/mol. The fourth-order valence-corrected chi connectivity index (χ4v) is 3.26. The molecule has 0 saturated carbocycles. The van der Waals surface area contributed by atoms with Crippen molar-refractivity contribution in [2.45, 2.75) is 18.4 Å². The number of hydrogen-bond donors (Lipinski definition) is 1. The first kappa shape index (κ1) is 14.7. The Balaban J connectivity index is 1.50. The topological polar surface area (TPSA) is 84.7 Å². The maximum absolute atomic E-state index is 12.8. The fourth-order valence-electron chi connectivity index (χ4n) is 3.26. The molecule has 0 unspecified atom stereocenters. The molecule has 0 atom stereocenters. The molecule has 1 aromatic heterocycles. The Hall–Kier alpha value is -2.83. The monoisotopic (exact) mass is 327 g/mol. The highest BCUT2D eigenvalue weighted by molar-refractivity contribution is 5.99. The largest absolute Gasteiger partial charge is 0.441 e. The third kappa shape index (κ3) is 2.51. The molecule has 2 saturated heterocycles. The van der Waals surface area contributed by atoms with Gasteiger partial charge >= 0.3 is 6.09 Å². The lowest BCUT2D eigenvalue weighted by Gasteiger charge is -2.37. The highest BCUT2D eigenvalue weighted by Gasteiger charge is 2.44. The minimum absolute atomic E-state index is 0.109. The van der Waals surface area contributed by atoms with Crippen molar-refractivity contribution < 1.29 is 18.8 Å². The number of carbonyl (C=O) groups excluding carboxylic acids is 2. The number of likely N-dealkylation sites (tertiary alicyclic amines) is 1. The minimum Gasteiger partial charge on any atom is -0.441 e. The number of carbonyl (C=O) groups is 2. The summed E-state index contributed by atoms with van der Waals surface area (Å²) < 4.78 is 10.7. The maximum Gasteiger partial charge on any atom is 0.407 e. The first-order valence-electron chi connectivity index (χ1n) is 7.93. The van der Waals surface area contributed by atoms with Crippen LogP contribution in [0.1, 0.15) is 23.2 Å². The normalized spacial score (nSPS) is 19.2. The average Bonchev–Trinajstić information content (AvgIpc) is 3.23. The Morgan fingerprint density at radius 1 is 1.21 bits per heavy atom. The molecule has 2 aliphatic rings. The molecule has 2 amide bonds. The van der Waals surface area contributed by atoms with E-state index in [0.717, 1.165) is 5.56 Å². The number of ether oxygens (including phenoxy) is 1. The molecular weight excluding hydrogens is 310 g/mol. The van der Waals surface area contributed by atoms with Gasteiger partial charge in [0.05, 0.1) is 12.7 Å². The van der Waals surface area contributed by atoms with Crippen molar-refractivity contribution in [1.29, 1.82) is 0 Å². The lowest BCUT2D eigenvalue weighted by molar-refractivity contribution is 0.00333. The third-order valence-corrected chi connectivity index (χ3v) is 4.66. The number of nitrogens with zero attached hydrogens (tertiary/aromatic N) is 2. The van der Waals surface area contributed by atoms with E-state index >= 15 is 0 Å². The second kappa shape index (κ2) is 5.67. The number of benzene rings is 1. The third-order valence-electron chi connectivity index (χ3n) is 4.66. The van der Waals surface area contributed by atoms with Crippen molar-refractivity contribution in [3.05, 3.63) is 42.1 Å². The first-order valence-corrected chi connectivity index (χ1v) is 7.93. The van der Waals surface area contributed by atoms with E-state index in [9.17, 15) is 9.59 Å². The number of aromatic nitrogens is 1. The van der Waals surface area contributed by atoms with E-state index in [1.807, 2.05) is 30.3 Å². The zero-order valence-corrected chi connectivity index (χ0v) is 13.0. The van der Waals surface area contributed by atoms with Gasteiger partial charge in [-0.1, -0.05) is 35.5 Å². The standard InChI is InChI=1S/C17H17N3O4/c21-15(13-10-19-24-14(13)12-4-2-1-3-5-12)20-8-6-17(7-9-20)11-18-16(22)23-17/h1-5,10H,6-9,11H2,(H,18,22). The number of amides is 2. The summed E-state index contributed by atoms with van der Waals surface area (Å²) in [7, 11) is 0. The van der Waals surface area contributed by atoms with Gasteiger partial charge in [0.2, 0.25) is 0 Å². The van der Waals surface area contributed by atoms with E-state index in [0.29, 0.717) is 43.8 Å². The molecule has 1 spiro atoms. The zero-order chi connectivity index (χ0) is 16.6. The van der Waals surface area contributed by atoms with Crippen LogP contribution >= 0.6 is 0 Å². The second-order valence-electron chi connectivity index (χ2n) is 6.15. The van der Waals surface area contributed by atoms with Crippen LogP contribution in [0.2, 0.25) is 0 Å². The van der Waals surface area contributed by atoms with Gasteiger partial charge in [0.1, 0.15) is 11.2 Å². The number of hydrogen-bond acceptors (Lipinski definition) is 5. The summed E-state index contributed by atoms with van der Waals surface area (Å²) in [5, 5.41) is 6.49. The van der Waals surface area contributed by atoms with Crippen LogP contribution in [0.25, 0.3) is 11.3 Å². The van der Waals surface area contributed by atoms with Crippen LogP contribution in [0.3, 0.4) is 0 Å². The van der Waals surface area contributed by atoms with Gasteiger partial charge in [-0.2, -0.15) is 0 Å². The molecule has 0 radical (unpaired) electrons. The SMILES string of the molecule is O=C1NCC2(CCN(C(=O)c3cnoc3-c3ccccc3)CC2)O1. The van der Waals surface area contributed by atoms with Gasteiger partial charge < -0.3 is 19.5 Å². The van der Waals surface area contributed by atoms with Gasteiger partial charge in [-0.05, 0) is 0 Å². The lowest BCUT2D eigenvalue weighted by atomic mass is 9.91. The van der Waals surface area contributed by atoms with Crippen molar-refractivity contribution >= 4 is 12.0 Å². The summed E-state index contributed by atoms with van der Waals surface area (Å²) >= 11 is 0. The molecule has 124 valence electrons. The zero-order valence-electron chi connectivity index (χ0n) is 13.0. The van der Waals surface area contributed by atoms with Crippen molar-refractivity contribution in [3.63, 3.8) is 0 Å². The molecule has 7 nitrogen and oxygen atoms in total. The molecule has 2 aliphatic heterocycles. The molecule has 2 fully saturated rings. The van der Waals surface area contributed by atoms with E-state index in [2.05, 4.69) is 10.5 Å². The molecule has 0 aliphatic carbocycles. The first-order chi connectivity index (χ1) is 11.7. The number of nitrogens with one attached hydrogen (secondary N) is 1. The van der Waals surface area contributed by atoms with Gasteiger partial charge in [-0.25, -0.2) is 4.79 Å². The molecule has 2 aromatic rings. The molecule has 3 heterocycles. The molecule has 0 bridgehead atoms. The van der Waals surface area contributed by atoms with Crippen LogP contribution in [0.5, 0.6) is 0 Å².